The van der Waals surface area contributed by atoms with Gasteiger partial charge >= 0.3 is 5.97 Å². The van der Waals surface area contributed by atoms with E-state index in [0.717, 1.165) is 5.75 Å². The minimum atomic E-state index is -0.461. The highest BCUT2D eigenvalue weighted by Crippen LogP contribution is 2.14. The first-order chi connectivity index (χ1) is 6.74. The lowest BCUT2D eigenvalue weighted by atomic mass is 10.2. The fourth-order valence-corrected chi connectivity index (χ4v) is 2.02. The van der Waals surface area contributed by atoms with Gasteiger partial charge in [0, 0.05) is 11.5 Å². The second kappa shape index (κ2) is 6.03. The third kappa shape index (κ3) is 3.67. The van der Waals surface area contributed by atoms with E-state index in [9.17, 15) is 9.59 Å². The molecule has 0 saturated carbocycles. The molecular formula is C9H14O4S. The van der Waals surface area contributed by atoms with Gasteiger partial charge in [0.05, 0.1) is 13.2 Å². The van der Waals surface area contributed by atoms with Crippen molar-refractivity contribution in [3.8, 4) is 0 Å². The molecule has 0 aromatic heterocycles. The molecular weight excluding hydrogens is 204 g/mol. The Hall–Kier alpha value is -0.550. The quantitative estimate of drug-likeness (QED) is 0.512. The predicted octanol–water partition coefficient (Wildman–Crippen LogP) is 0.641. The summed E-state index contributed by atoms with van der Waals surface area (Å²) in [5.74, 6) is 0.939. The molecule has 1 aliphatic heterocycles. The van der Waals surface area contributed by atoms with Crippen molar-refractivity contribution in [1.82, 2.24) is 0 Å². The van der Waals surface area contributed by atoms with E-state index >= 15 is 0 Å². The molecule has 0 aromatic carbocycles. The van der Waals surface area contributed by atoms with Crippen molar-refractivity contribution in [3.05, 3.63) is 0 Å². The lowest BCUT2D eigenvalue weighted by Gasteiger charge is -2.20. The molecule has 14 heavy (non-hydrogen) atoms. The summed E-state index contributed by atoms with van der Waals surface area (Å²) in [6.07, 6.45) is -0.586. The van der Waals surface area contributed by atoms with E-state index in [1.165, 1.54) is 0 Å². The monoisotopic (exact) mass is 218 g/mol. The van der Waals surface area contributed by atoms with Crippen molar-refractivity contribution >= 4 is 23.5 Å². The lowest BCUT2D eigenvalue weighted by molar-refractivity contribution is -0.147. The summed E-state index contributed by atoms with van der Waals surface area (Å²) >= 11 is 1.67. The first-order valence-corrected chi connectivity index (χ1v) is 5.77. The Labute approximate surface area is 87.3 Å². The fourth-order valence-electron chi connectivity index (χ4n) is 1.14. The number of ketones is 1. The summed E-state index contributed by atoms with van der Waals surface area (Å²) in [7, 11) is 0. The number of carbonyl (C=O) groups is 2. The molecule has 1 rings (SSSR count). The second-order valence-corrected chi connectivity index (χ2v) is 4.03. The van der Waals surface area contributed by atoms with Gasteiger partial charge < -0.3 is 9.47 Å². The molecule has 0 spiro atoms. The highest BCUT2D eigenvalue weighted by atomic mass is 32.2. The summed E-state index contributed by atoms with van der Waals surface area (Å²) in [6, 6.07) is 0. The Morgan fingerprint density at radius 3 is 2.93 bits per heavy atom. The molecule has 4 nitrogen and oxygen atoms in total. The van der Waals surface area contributed by atoms with E-state index in [1.807, 2.05) is 0 Å². The van der Waals surface area contributed by atoms with Gasteiger partial charge in [-0.3, -0.25) is 9.59 Å². The van der Waals surface area contributed by atoms with E-state index in [4.69, 9.17) is 4.74 Å². The third-order valence-corrected chi connectivity index (χ3v) is 2.79. The van der Waals surface area contributed by atoms with Gasteiger partial charge in [-0.2, -0.15) is 11.8 Å². The van der Waals surface area contributed by atoms with Crippen LogP contribution in [-0.2, 0) is 19.1 Å². The molecule has 1 fully saturated rings. The van der Waals surface area contributed by atoms with E-state index in [-0.39, 0.29) is 12.2 Å². The van der Waals surface area contributed by atoms with Crippen LogP contribution in [0.3, 0.4) is 0 Å². The van der Waals surface area contributed by atoms with E-state index in [2.05, 4.69) is 4.74 Å². The molecule has 0 aromatic rings. The summed E-state index contributed by atoms with van der Waals surface area (Å²) < 4.78 is 9.92. The molecule has 1 aliphatic rings. The summed E-state index contributed by atoms with van der Waals surface area (Å²) in [5, 5.41) is 0. The van der Waals surface area contributed by atoms with Crippen LogP contribution in [0.25, 0.3) is 0 Å². The van der Waals surface area contributed by atoms with Crippen molar-refractivity contribution in [2.75, 3.05) is 24.7 Å². The van der Waals surface area contributed by atoms with Gasteiger partial charge in [0.15, 0.2) is 5.78 Å². The summed E-state index contributed by atoms with van der Waals surface area (Å²) in [5.41, 5.74) is 0. The van der Waals surface area contributed by atoms with Crippen molar-refractivity contribution in [3.63, 3.8) is 0 Å². The Morgan fingerprint density at radius 2 is 2.36 bits per heavy atom. The molecule has 1 unspecified atom stereocenters. The van der Waals surface area contributed by atoms with Crippen LogP contribution in [0.5, 0.6) is 0 Å². The zero-order valence-corrected chi connectivity index (χ0v) is 8.97. The van der Waals surface area contributed by atoms with Crippen molar-refractivity contribution in [2.45, 2.75) is 19.4 Å². The topological polar surface area (TPSA) is 52.6 Å². The Morgan fingerprint density at radius 1 is 1.57 bits per heavy atom. The van der Waals surface area contributed by atoms with Gasteiger partial charge in [-0.25, -0.2) is 0 Å². The standard InChI is InChI=1S/C9H14O4S/c1-2-12-9(11)5-7(10)8-6-14-4-3-13-8/h8H,2-6H2,1H3. The van der Waals surface area contributed by atoms with Gasteiger partial charge in [0.2, 0.25) is 0 Å². The highest BCUT2D eigenvalue weighted by Gasteiger charge is 2.24. The van der Waals surface area contributed by atoms with Crippen molar-refractivity contribution in [1.29, 1.82) is 0 Å². The number of hydrogen-bond donors (Lipinski definition) is 0. The molecule has 0 radical (unpaired) electrons. The summed E-state index contributed by atoms with van der Waals surface area (Å²) in [4.78, 5) is 22.4. The van der Waals surface area contributed by atoms with Crippen LogP contribution in [0.4, 0.5) is 0 Å². The highest BCUT2D eigenvalue weighted by molar-refractivity contribution is 7.99. The number of thioether (sulfide) groups is 1. The molecule has 0 N–H and O–H groups in total. The SMILES string of the molecule is CCOC(=O)CC(=O)C1CSCCO1. The van der Waals surface area contributed by atoms with Gasteiger partial charge in [0.1, 0.15) is 12.5 Å². The van der Waals surface area contributed by atoms with Gasteiger partial charge in [-0.05, 0) is 6.92 Å². The number of hydrogen-bond acceptors (Lipinski definition) is 5. The van der Waals surface area contributed by atoms with Crippen LogP contribution < -0.4 is 0 Å². The first kappa shape index (κ1) is 11.5. The molecule has 0 bridgehead atoms. The minimum absolute atomic E-state index is 0.168. The molecule has 0 aliphatic carbocycles. The number of Topliss-reactive ketones (excluding diaryl/α,β-unsaturated/α-hetero) is 1. The number of carbonyl (C=O) groups excluding carboxylic acids is 2. The summed E-state index contributed by atoms with van der Waals surface area (Å²) in [6.45, 7) is 2.62. The van der Waals surface area contributed by atoms with Crippen molar-refractivity contribution < 1.29 is 19.1 Å². The molecule has 1 heterocycles. The van der Waals surface area contributed by atoms with Gasteiger partial charge in [0.25, 0.3) is 0 Å². The smallest absolute Gasteiger partial charge is 0.313 e. The van der Waals surface area contributed by atoms with E-state index in [1.54, 1.807) is 18.7 Å². The van der Waals surface area contributed by atoms with Crippen LogP contribution in [0, 0.1) is 0 Å². The fraction of sp³-hybridized carbons (Fsp3) is 0.778. The lowest BCUT2D eigenvalue weighted by Crippen LogP contribution is -2.33. The zero-order chi connectivity index (χ0) is 10.4. The maximum atomic E-state index is 11.4. The maximum absolute atomic E-state index is 11.4. The van der Waals surface area contributed by atoms with Crippen LogP contribution in [-0.4, -0.2) is 42.6 Å². The number of ether oxygens (including phenoxy) is 2. The minimum Gasteiger partial charge on any atom is -0.466 e. The van der Waals surface area contributed by atoms with Crippen LogP contribution in [0.15, 0.2) is 0 Å². The van der Waals surface area contributed by atoms with Crippen LogP contribution >= 0.6 is 11.8 Å². The first-order valence-electron chi connectivity index (χ1n) is 4.61. The zero-order valence-electron chi connectivity index (χ0n) is 8.15. The van der Waals surface area contributed by atoms with Gasteiger partial charge in [-0.15, -0.1) is 0 Å². The maximum Gasteiger partial charge on any atom is 0.313 e. The average molecular weight is 218 g/mol. The van der Waals surface area contributed by atoms with Crippen LogP contribution in [0.2, 0.25) is 0 Å². The molecule has 1 saturated heterocycles. The Balaban J connectivity index is 2.29. The molecule has 80 valence electrons. The molecule has 0 amide bonds. The predicted molar refractivity (Wildman–Crippen MR) is 53.3 cm³/mol. The van der Waals surface area contributed by atoms with Crippen molar-refractivity contribution in [2.24, 2.45) is 0 Å². The molecule has 5 heteroatoms. The largest absolute Gasteiger partial charge is 0.466 e. The van der Waals surface area contributed by atoms with Gasteiger partial charge in [-0.1, -0.05) is 0 Å². The number of rotatable bonds is 4. The average Bonchev–Trinajstić information content (AvgIpc) is 2.19. The third-order valence-electron chi connectivity index (χ3n) is 1.80. The second-order valence-electron chi connectivity index (χ2n) is 2.88. The normalized spacial score (nSPS) is 21.6. The van der Waals surface area contributed by atoms with E-state index in [0.29, 0.717) is 19.0 Å². The molecule has 1 atom stereocenters. The Bertz CT molecular complexity index is 211. The Kier molecular flexibility index (Phi) is 4.97. The van der Waals surface area contributed by atoms with Crippen LogP contribution in [0.1, 0.15) is 13.3 Å². The number of esters is 1. The van der Waals surface area contributed by atoms with E-state index < -0.39 is 12.1 Å².